The van der Waals surface area contributed by atoms with Crippen molar-refractivity contribution in [2.75, 3.05) is 25.0 Å². The zero-order chi connectivity index (χ0) is 15.2. The van der Waals surface area contributed by atoms with Crippen LogP contribution in [0.4, 0.5) is 5.69 Å². The van der Waals surface area contributed by atoms with E-state index in [1.165, 1.54) is 12.8 Å². The van der Waals surface area contributed by atoms with Crippen LogP contribution in [0.1, 0.15) is 31.2 Å². The average molecular weight is 355 g/mol. The number of benzene rings is 1. The molecule has 1 saturated carbocycles. The zero-order valence-electron chi connectivity index (χ0n) is 12.4. The predicted molar refractivity (Wildman–Crippen MR) is 88.4 cm³/mol. The van der Waals surface area contributed by atoms with Gasteiger partial charge in [-0.05, 0) is 43.5 Å². The smallest absolute Gasteiger partial charge is 0.238 e. The molecule has 0 atom stereocenters. The Morgan fingerprint density at radius 1 is 1.43 bits per heavy atom. The summed E-state index contributed by atoms with van der Waals surface area (Å²) in [6.45, 7) is 3.01. The van der Waals surface area contributed by atoms with Gasteiger partial charge in [0, 0.05) is 22.7 Å². The highest BCUT2D eigenvalue weighted by Crippen LogP contribution is 2.23. The monoisotopic (exact) mass is 354 g/mol. The number of nitrogens with one attached hydrogen (secondary N) is 1. The van der Waals surface area contributed by atoms with Gasteiger partial charge in [-0.25, -0.2) is 0 Å². The number of halogens is 1. The van der Waals surface area contributed by atoms with Crippen LogP contribution in [-0.4, -0.2) is 41.7 Å². The Bertz CT molecular complexity index is 487. The van der Waals surface area contributed by atoms with Crippen molar-refractivity contribution in [3.63, 3.8) is 0 Å². The molecule has 5 heteroatoms. The summed E-state index contributed by atoms with van der Waals surface area (Å²) in [5.74, 6) is -0.0166. The maximum absolute atomic E-state index is 12.2. The molecular weight excluding hydrogens is 332 g/mol. The number of anilines is 1. The van der Waals surface area contributed by atoms with E-state index in [2.05, 4.69) is 26.1 Å². The van der Waals surface area contributed by atoms with Gasteiger partial charge in [0.05, 0.1) is 13.2 Å². The summed E-state index contributed by atoms with van der Waals surface area (Å²) in [6.07, 6.45) is 4.70. The van der Waals surface area contributed by atoms with Crippen molar-refractivity contribution in [3.8, 4) is 0 Å². The number of aliphatic hydroxyl groups is 1. The van der Waals surface area contributed by atoms with E-state index in [1.807, 2.05) is 25.1 Å². The Hall–Kier alpha value is -0.910. The minimum absolute atomic E-state index is 0.0166. The Balaban J connectivity index is 1.93. The number of aliphatic hydroxyl groups excluding tert-OH is 1. The second kappa shape index (κ2) is 7.92. The third kappa shape index (κ3) is 4.80. The number of rotatable bonds is 6. The van der Waals surface area contributed by atoms with E-state index in [0.29, 0.717) is 19.1 Å². The molecule has 1 aliphatic rings. The molecule has 2 rings (SSSR count). The maximum atomic E-state index is 12.2. The van der Waals surface area contributed by atoms with Crippen LogP contribution in [0, 0.1) is 6.92 Å². The first-order valence-corrected chi connectivity index (χ1v) is 8.30. The number of amides is 1. The van der Waals surface area contributed by atoms with E-state index in [1.54, 1.807) is 0 Å². The van der Waals surface area contributed by atoms with Crippen LogP contribution in [0.5, 0.6) is 0 Å². The quantitative estimate of drug-likeness (QED) is 0.825. The van der Waals surface area contributed by atoms with E-state index in [-0.39, 0.29) is 12.5 Å². The zero-order valence-corrected chi connectivity index (χ0v) is 14.0. The lowest BCUT2D eigenvalue weighted by atomic mass is 10.2. The summed E-state index contributed by atoms with van der Waals surface area (Å²) in [6, 6.07) is 6.22. The molecule has 1 aliphatic carbocycles. The Morgan fingerprint density at radius 2 is 2.14 bits per heavy atom. The van der Waals surface area contributed by atoms with Crippen molar-refractivity contribution in [1.82, 2.24) is 4.90 Å². The first-order valence-electron chi connectivity index (χ1n) is 7.51. The molecule has 0 saturated heterocycles. The minimum atomic E-state index is -0.0166. The molecule has 1 amide bonds. The SMILES string of the molecule is Cc1cc(NC(=O)CN(CCO)C2CCCC2)ccc1Br. The van der Waals surface area contributed by atoms with Crippen LogP contribution in [0.3, 0.4) is 0 Å². The first kappa shape index (κ1) is 16.5. The largest absolute Gasteiger partial charge is 0.395 e. The van der Waals surface area contributed by atoms with Gasteiger partial charge in [-0.1, -0.05) is 28.8 Å². The van der Waals surface area contributed by atoms with E-state index in [9.17, 15) is 9.90 Å². The molecule has 21 heavy (non-hydrogen) atoms. The third-order valence-electron chi connectivity index (χ3n) is 4.02. The van der Waals surface area contributed by atoms with Gasteiger partial charge in [-0.3, -0.25) is 9.69 Å². The fourth-order valence-corrected chi connectivity index (χ4v) is 3.14. The molecule has 0 spiro atoms. The highest BCUT2D eigenvalue weighted by molar-refractivity contribution is 9.10. The maximum Gasteiger partial charge on any atom is 0.238 e. The molecule has 1 aromatic carbocycles. The highest BCUT2D eigenvalue weighted by Gasteiger charge is 2.23. The lowest BCUT2D eigenvalue weighted by Crippen LogP contribution is -2.41. The average Bonchev–Trinajstić information content (AvgIpc) is 2.96. The minimum Gasteiger partial charge on any atom is -0.395 e. The van der Waals surface area contributed by atoms with Crippen molar-refractivity contribution >= 4 is 27.5 Å². The summed E-state index contributed by atoms with van der Waals surface area (Å²) in [5.41, 5.74) is 1.91. The van der Waals surface area contributed by atoms with Gasteiger partial charge >= 0.3 is 0 Å². The molecule has 0 bridgehead atoms. The molecule has 116 valence electrons. The molecule has 0 aromatic heterocycles. The van der Waals surface area contributed by atoms with Gasteiger partial charge in [-0.15, -0.1) is 0 Å². The van der Waals surface area contributed by atoms with Gasteiger partial charge in [0.2, 0.25) is 5.91 Å². The molecule has 0 aliphatic heterocycles. The number of aryl methyl sites for hydroxylation is 1. The first-order chi connectivity index (χ1) is 10.1. The van der Waals surface area contributed by atoms with Crippen LogP contribution >= 0.6 is 15.9 Å². The molecule has 1 fully saturated rings. The lowest BCUT2D eigenvalue weighted by molar-refractivity contribution is -0.118. The van der Waals surface area contributed by atoms with Gasteiger partial charge in [0.25, 0.3) is 0 Å². The molecular formula is C16H23BrN2O2. The molecule has 0 unspecified atom stereocenters. The molecule has 1 aromatic rings. The predicted octanol–water partition coefficient (Wildman–Crippen LogP) is 2.93. The van der Waals surface area contributed by atoms with Crippen LogP contribution in [0.25, 0.3) is 0 Å². The molecule has 0 radical (unpaired) electrons. The topological polar surface area (TPSA) is 52.6 Å². The highest BCUT2D eigenvalue weighted by atomic mass is 79.9. The summed E-state index contributed by atoms with van der Waals surface area (Å²) in [5, 5.41) is 12.1. The summed E-state index contributed by atoms with van der Waals surface area (Å²) >= 11 is 3.45. The Labute approximate surface area is 134 Å². The number of hydrogen-bond acceptors (Lipinski definition) is 3. The summed E-state index contributed by atoms with van der Waals surface area (Å²) < 4.78 is 1.04. The van der Waals surface area contributed by atoms with Gasteiger partial charge in [-0.2, -0.15) is 0 Å². The Kier molecular flexibility index (Phi) is 6.21. The second-order valence-electron chi connectivity index (χ2n) is 5.64. The van der Waals surface area contributed by atoms with Gasteiger partial charge in [0.15, 0.2) is 0 Å². The number of carbonyl (C=O) groups is 1. The summed E-state index contributed by atoms with van der Waals surface area (Å²) in [7, 11) is 0. The number of hydrogen-bond donors (Lipinski definition) is 2. The van der Waals surface area contributed by atoms with Crippen molar-refractivity contribution in [2.24, 2.45) is 0 Å². The standard InChI is InChI=1S/C16H23BrN2O2/c1-12-10-13(6-7-15(12)17)18-16(21)11-19(8-9-20)14-4-2-3-5-14/h6-7,10,14,20H,2-5,8-9,11H2,1H3,(H,18,21). The van der Waals surface area contributed by atoms with E-state index in [4.69, 9.17) is 0 Å². The number of carbonyl (C=O) groups excluding carboxylic acids is 1. The van der Waals surface area contributed by atoms with E-state index in [0.717, 1.165) is 28.6 Å². The lowest BCUT2D eigenvalue weighted by Gasteiger charge is -2.27. The van der Waals surface area contributed by atoms with Crippen molar-refractivity contribution in [2.45, 2.75) is 38.6 Å². The van der Waals surface area contributed by atoms with Gasteiger partial charge < -0.3 is 10.4 Å². The van der Waals surface area contributed by atoms with Crippen LogP contribution < -0.4 is 5.32 Å². The van der Waals surface area contributed by atoms with Gasteiger partial charge in [0.1, 0.15) is 0 Å². The van der Waals surface area contributed by atoms with Crippen LogP contribution in [0.15, 0.2) is 22.7 Å². The second-order valence-corrected chi connectivity index (χ2v) is 6.50. The summed E-state index contributed by atoms with van der Waals surface area (Å²) in [4.78, 5) is 14.3. The normalized spacial score (nSPS) is 15.6. The van der Waals surface area contributed by atoms with E-state index < -0.39 is 0 Å². The fraction of sp³-hybridized carbons (Fsp3) is 0.562. The van der Waals surface area contributed by atoms with Crippen LogP contribution in [-0.2, 0) is 4.79 Å². The van der Waals surface area contributed by atoms with Crippen molar-refractivity contribution in [3.05, 3.63) is 28.2 Å². The van der Waals surface area contributed by atoms with E-state index >= 15 is 0 Å². The number of nitrogens with zero attached hydrogens (tertiary/aromatic N) is 1. The third-order valence-corrected chi connectivity index (χ3v) is 4.91. The van der Waals surface area contributed by atoms with Crippen molar-refractivity contribution in [1.29, 1.82) is 0 Å². The molecule has 4 nitrogen and oxygen atoms in total. The van der Waals surface area contributed by atoms with Crippen molar-refractivity contribution < 1.29 is 9.90 Å². The molecule has 2 N–H and O–H groups in total. The fourth-order valence-electron chi connectivity index (χ4n) is 2.90. The molecule has 0 heterocycles. The van der Waals surface area contributed by atoms with Crippen LogP contribution in [0.2, 0.25) is 0 Å². The Morgan fingerprint density at radius 3 is 2.76 bits per heavy atom.